The molecule has 8 heteroatoms. The minimum absolute atomic E-state index is 0.0395. The number of anilines is 1. The highest BCUT2D eigenvalue weighted by molar-refractivity contribution is 7.92. The highest BCUT2D eigenvalue weighted by atomic mass is 32.2. The molecule has 2 aliphatic heterocycles. The average molecular weight is 429 g/mol. The molecule has 2 aromatic carbocycles. The van der Waals surface area contributed by atoms with E-state index in [9.17, 15) is 18.3 Å². The van der Waals surface area contributed by atoms with Crippen LogP contribution in [0, 0.1) is 11.8 Å². The summed E-state index contributed by atoms with van der Waals surface area (Å²) in [5, 5.41) is 13.1. The second-order valence-corrected chi connectivity index (χ2v) is 10.1. The first-order chi connectivity index (χ1) is 14.4. The minimum atomic E-state index is -3.96. The van der Waals surface area contributed by atoms with E-state index in [1.54, 1.807) is 24.3 Å². The van der Waals surface area contributed by atoms with Gasteiger partial charge in [0.2, 0.25) is 0 Å². The molecule has 1 aliphatic carbocycles. The van der Waals surface area contributed by atoms with Crippen molar-refractivity contribution >= 4 is 21.7 Å². The van der Waals surface area contributed by atoms with E-state index in [0.29, 0.717) is 36.5 Å². The van der Waals surface area contributed by atoms with Crippen LogP contribution in [0.3, 0.4) is 0 Å². The third-order valence-corrected chi connectivity index (χ3v) is 7.81. The van der Waals surface area contributed by atoms with Gasteiger partial charge < -0.3 is 15.2 Å². The normalized spacial score (nSPS) is 24.5. The molecule has 2 heterocycles. The minimum Gasteiger partial charge on any atom is -0.492 e. The summed E-state index contributed by atoms with van der Waals surface area (Å²) in [6.07, 6.45) is 2.65. The fraction of sp³-hybridized carbons (Fsp3) is 0.409. The molecule has 2 fully saturated rings. The zero-order valence-corrected chi connectivity index (χ0v) is 17.2. The monoisotopic (exact) mass is 428 g/mol. The Labute approximate surface area is 175 Å². The average Bonchev–Trinajstić information content (AvgIpc) is 3.34. The smallest absolute Gasteiger partial charge is 0.341 e. The van der Waals surface area contributed by atoms with E-state index < -0.39 is 16.0 Å². The molecule has 3 atom stereocenters. The molecule has 1 saturated carbocycles. The van der Waals surface area contributed by atoms with Gasteiger partial charge in [-0.3, -0.25) is 4.72 Å². The van der Waals surface area contributed by atoms with Crippen molar-refractivity contribution in [1.82, 2.24) is 5.32 Å². The highest BCUT2D eigenvalue weighted by Gasteiger charge is 2.45. The summed E-state index contributed by atoms with van der Waals surface area (Å²) >= 11 is 0. The zero-order chi connectivity index (χ0) is 20.9. The number of benzene rings is 2. The van der Waals surface area contributed by atoms with Gasteiger partial charge in [-0.05, 0) is 67.4 Å². The van der Waals surface area contributed by atoms with E-state index in [1.165, 1.54) is 0 Å². The third kappa shape index (κ3) is 3.44. The Morgan fingerprint density at radius 3 is 2.83 bits per heavy atom. The molecular formula is C22H24N2O5S. The standard InChI is InChI=1S/C22H24N2O5S/c25-22(26)20-18(6-5-16-17-10-15(17)12-29-21(16)20)24-30(27,28)19-4-2-1-3-14(19)9-13-7-8-23-11-13/h1-6,13,15,17,23-24H,7-12H2,(H,25,26)/t13-,15-,17-/m0/s1. The van der Waals surface area contributed by atoms with Crippen LogP contribution < -0.4 is 14.8 Å². The number of rotatable bonds is 6. The molecule has 7 nitrogen and oxygen atoms in total. The van der Waals surface area contributed by atoms with Crippen molar-refractivity contribution in [2.24, 2.45) is 11.8 Å². The Kier molecular flexibility index (Phi) is 4.71. The van der Waals surface area contributed by atoms with Crippen molar-refractivity contribution in [3.63, 3.8) is 0 Å². The molecule has 3 N–H and O–H groups in total. The molecule has 3 aliphatic rings. The Hall–Kier alpha value is -2.58. The van der Waals surface area contributed by atoms with Crippen molar-refractivity contribution in [2.75, 3.05) is 24.4 Å². The van der Waals surface area contributed by atoms with E-state index in [4.69, 9.17) is 4.74 Å². The van der Waals surface area contributed by atoms with Crippen molar-refractivity contribution in [1.29, 1.82) is 0 Å². The number of carboxylic acid groups (broad SMARTS) is 1. The second kappa shape index (κ2) is 7.28. The zero-order valence-electron chi connectivity index (χ0n) is 16.4. The first-order valence-corrected chi connectivity index (χ1v) is 11.8. The molecule has 0 aromatic heterocycles. The molecule has 0 radical (unpaired) electrons. The topological polar surface area (TPSA) is 105 Å². The summed E-state index contributed by atoms with van der Waals surface area (Å²) in [6, 6.07) is 10.3. The summed E-state index contributed by atoms with van der Waals surface area (Å²) in [5.41, 5.74) is 1.53. The van der Waals surface area contributed by atoms with Gasteiger partial charge >= 0.3 is 5.97 Å². The lowest BCUT2D eigenvalue weighted by Crippen LogP contribution is -2.20. The van der Waals surface area contributed by atoms with Crippen molar-refractivity contribution < 1.29 is 23.1 Å². The number of aromatic carboxylic acids is 1. The summed E-state index contributed by atoms with van der Waals surface area (Å²) in [6.45, 7) is 2.29. The van der Waals surface area contributed by atoms with Gasteiger partial charge in [0, 0.05) is 5.92 Å². The molecule has 30 heavy (non-hydrogen) atoms. The van der Waals surface area contributed by atoms with Crippen molar-refractivity contribution in [3.8, 4) is 5.75 Å². The first kappa shape index (κ1) is 19.4. The van der Waals surface area contributed by atoms with Crippen LogP contribution in [0.1, 0.15) is 40.2 Å². The Bertz CT molecular complexity index is 1110. The second-order valence-electron chi connectivity index (χ2n) is 8.40. The van der Waals surface area contributed by atoms with Crippen LogP contribution in [0.5, 0.6) is 5.75 Å². The maximum Gasteiger partial charge on any atom is 0.341 e. The Morgan fingerprint density at radius 1 is 1.23 bits per heavy atom. The predicted molar refractivity (Wildman–Crippen MR) is 112 cm³/mol. The molecule has 0 amide bonds. The van der Waals surface area contributed by atoms with Crippen LogP contribution >= 0.6 is 0 Å². The number of nitrogens with one attached hydrogen (secondary N) is 2. The molecule has 2 aromatic rings. The maximum atomic E-state index is 13.3. The molecular weight excluding hydrogens is 404 g/mol. The third-order valence-electron chi connectivity index (χ3n) is 6.34. The Balaban J connectivity index is 1.49. The van der Waals surface area contributed by atoms with Crippen LogP contribution in [0.15, 0.2) is 41.3 Å². The quantitative estimate of drug-likeness (QED) is 0.654. The lowest BCUT2D eigenvalue weighted by atomic mass is 9.99. The number of carbonyl (C=O) groups is 1. The van der Waals surface area contributed by atoms with Crippen LogP contribution in [0.2, 0.25) is 0 Å². The lowest BCUT2D eigenvalue weighted by Gasteiger charge is -2.21. The summed E-state index contributed by atoms with van der Waals surface area (Å²) < 4.78 is 34.7. The maximum absolute atomic E-state index is 13.3. The lowest BCUT2D eigenvalue weighted by molar-refractivity contribution is 0.0692. The molecule has 0 bridgehead atoms. The van der Waals surface area contributed by atoms with E-state index in [-0.39, 0.29) is 16.1 Å². The van der Waals surface area contributed by atoms with E-state index in [1.807, 2.05) is 12.1 Å². The Morgan fingerprint density at radius 2 is 2.07 bits per heavy atom. The number of carboxylic acids is 1. The summed E-state index contributed by atoms with van der Waals surface area (Å²) in [5.74, 6) is 0.247. The predicted octanol–water partition coefficient (Wildman–Crippen LogP) is 2.83. The van der Waals surface area contributed by atoms with Gasteiger partial charge in [0.25, 0.3) is 10.0 Å². The number of ether oxygens (including phenoxy) is 1. The van der Waals surface area contributed by atoms with Crippen LogP contribution in [-0.2, 0) is 16.4 Å². The van der Waals surface area contributed by atoms with E-state index >= 15 is 0 Å². The molecule has 0 spiro atoms. The van der Waals surface area contributed by atoms with Crippen LogP contribution in [0.25, 0.3) is 0 Å². The van der Waals surface area contributed by atoms with Crippen molar-refractivity contribution in [2.45, 2.75) is 30.1 Å². The fourth-order valence-corrected chi connectivity index (χ4v) is 6.00. The highest BCUT2D eigenvalue weighted by Crippen LogP contribution is 2.55. The van der Waals surface area contributed by atoms with E-state index in [2.05, 4.69) is 10.0 Å². The number of fused-ring (bicyclic) bond motifs is 3. The van der Waals surface area contributed by atoms with Crippen LogP contribution in [-0.4, -0.2) is 39.2 Å². The molecule has 0 unspecified atom stereocenters. The SMILES string of the molecule is O=C(O)c1c(NS(=O)(=O)c2ccccc2C[C@@H]2CCNC2)ccc2c1OC[C@@H]1C[C@H]21. The van der Waals surface area contributed by atoms with Crippen LogP contribution in [0.4, 0.5) is 5.69 Å². The van der Waals surface area contributed by atoms with Gasteiger partial charge in [0.1, 0.15) is 11.3 Å². The fourth-order valence-electron chi connectivity index (χ4n) is 4.68. The number of sulfonamides is 1. The summed E-state index contributed by atoms with van der Waals surface area (Å²) in [7, 11) is -3.96. The van der Waals surface area contributed by atoms with Gasteiger partial charge in [-0.1, -0.05) is 24.3 Å². The molecule has 1 saturated heterocycles. The first-order valence-electron chi connectivity index (χ1n) is 10.3. The van der Waals surface area contributed by atoms with Gasteiger partial charge in [0.05, 0.1) is 17.2 Å². The van der Waals surface area contributed by atoms with Gasteiger partial charge in [-0.2, -0.15) is 0 Å². The number of hydrogen-bond acceptors (Lipinski definition) is 5. The number of hydrogen-bond donors (Lipinski definition) is 3. The molecule has 158 valence electrons. The van der Waals surface area contributed by atoms with Crippen molar-refractivity contribution in [3.05, 3.63) is 53.1 Å². The molecule has 5 rings (SSSR count). The van der Waals surface area contributed by atoms with Gasteiger partial charge in [-0.15, -0.1) is 0 Å². The van der Waals surface area contributed by atoms with Gasteiger partial charge in [0.15, 0.2) is 0 Å². The summed E-state index contributed by atoms with van der Waals surface area (Å²) in [4.78, 5) is 12.2. The van der Waals surface area contributed by atoms with E-state index in [0.717, 1.165) is 37.1 Å². The van der Waals surface area contributed by atoms with Gasteiger partial charge in [-0.25, -0.2) is 13.2 Å². The largest absolute Gasteiger partial charge is 0.492 e.